The van der Waals surface area contributed by atoms with Crippen molar-refractivity contribution in [2.75, 3.05) is 0 Å². The van der Waals surface area contributed by atoms with Crippen molar-refractivity contribution >= 4 is 16.7 Å². The minimum absolute atomic E-state index is 0.276. The molecule has 0 bridgehead atoms. The normalized spacial score (nSPS) is 10.4. The van der Waals surface area contributed by atoms with Crippen molar-refractivity contribution in [1.29, 1.82) is 0 Å². The zero-order valence-electron chi connectivity index (χ0n) is 8.93. The third kappa shape index (κ3) is 1.67. The fraction of sp³-hybridized carbons (Fsp3) is 0.182. The molecule has 2 aromatic rings. The highest BCUT2D eigenvalue weighted by Gasteiger charge is 2.07. The summed E-state index contributed by atoms with van der Waals surface area (Å²) in [7, 11) is 0. The smallest absolute Gasteiger partial charge is 0.408 e. The van der Waals surface area contributed by atoms with Gasteiger partial charge < -0.3 is 4.42 Å². The van der Waals surface area contributed by atoms with Gasteiger partial charge in [0.2, 0.25) is 0 Å². The standard InChI is InChI=1S/C11H10N2O3/c1-7(2)12-13-10(14)8-5-3-4-6-9(8)16-11(13)15/h3-6H,1-2H3. The van der Waals surface area contributed by atoms with Crippen LogP contribution >= 0.6 is 0 Å². The Kier molecular flexibility index (Phi) is 2.44. The van der Waals surface area contributed by atoms with Crippen molar-refractivity contribution in [1.82, 2.24) is 4.68 Å². The van der Waals surface area contributed by atoms with Crippen LogP contribution in [-0.2, 0) is 0 Å². The van der Waals surface area contributed by atoms with Gasteiger partial charge in [0.1, 0.15) is 5.58 Å². The first-order chi connectivity index (χ1) is 7.59. The zero-order chi connectivity index (χ0) is 11.7. The predicted molar refractivity (Wildman–Crippen MR) is 60.9 cm³/mol. The van der Waals surface area contributed by atoms with Crippen LogP contribution in [0.3, 0.4) is 0 Å². The summed E-state index contributed by atoms with van der Waals surface area (Å²) in [6, 6.07) is 6.57. The van der Waals surface area contributed by atoms with Gasteiger partial charge in [0.25, 0.3) is 5.56 Å². The summed E-state index contributed by atoms with van der Waals surface area (Å²) in [5.74, 6) is -0.773. The summed E-state index contributed by atoms with van der Waals surface area (Å²) in [5, 5.41) is 4.16. The van der Waals surface area contributed by atoms with Crippen LogP contribution in [0.15, 0.2) is 43.4 Å². The number of para-hydroxylation sites is 1. The molecule has 0 saturated heterocycles. The molecule has 2 rings (SSSR count). The monoisotopic (exact) mass is 218 g/mol. The quantitative estimate of drug-likeness (QED) is 0.675. The largest absolute Gasteiger partial charge is 0.443 e. The van der Waals surface area contributed by atoms with Crippen LogP contribution in [0.4, 0.5) is 0 Å². The van der Waals surface area contributed by atoms with E-state index in [9.17, 15) is 9.59 Å². The first-order valence-corrected chi connectivity index (χ1v) is 4.76. The summed E-state index contributed by atoms with van der Waals surface area (Å²) in [6.07, 6.45) is 0. The average molecular weight is 218 g/mol. The van der Waals surface area contributed by atoms with Gasteiger partial charge in [-0.25, -0.2) is 4.79 Å². The molecule has 0 aliphatic heterocycles. The van der Waals surface area contributed by atoms with E-state index in [1.54, 1.807) is 38.1 Å². The van der Waals surface area contributed by atoms with E-state index in [2.05, 4.69) is 5.10 Å². The van der Waals surface area contributed by atoms with Crippen LogP contribution in [-0.4, -0.2) is 10.4 Å². The number of hydrogen-bond acceptors (Lipinski definition) is 4. The molecule has 5 nitrogen and oxygen atoms in total. The Labute approximate surface area is 90.6 Å². The summed E-state index contributed by atoms with van der Waals surface area (Å²) >= 11 is 0. The van der Waals surface area contributed by atoms with Crippen molar-refractivity contribution in [3.63, 3.8) is 0 Å². The van der Waals surface area contributed by atoms with Crippen molar-refractivity contribution < 1.29 is 4.42 Å². The minimum atomic E-state index is -0.773. The SMILES string of the molecule is CC(C)=Nn1c(=O)oc2ccccc2c1=O. The Morgan fingerprint density at radius 2 is 1.94 bits per heavy atom. The fourth-order valence-electron chi connectivity index (χ4n) is 1.35. The summed E-state index contributed by atoms with van der Waals surface area (Å²) < 4.78 is 5.71. The number of nitrogens with zero attached hydrogens (tertiary/aromatic N) is 2. The van der Waals surface area contributed by atoms with E-state index in [4.69, 9.17) is 4.42 Å². The summed E-state index contributed by atoms with van der Waals surface area (Å²) in [5.41, 5.74) is 0.412. The number of hydrogen-bond donors (Lipinski definition) is 0. The lowest BCUT2D eigenvalue weighted by atomic mass is 10.2. The minimum Gasteiger partial charge on any atom is -0.408 e. The zero-order valence-corrected chi connectivity index (χ0v) is 8.93. The molecule has 0 saturated carbocycles. The topological polar surface area (TPSA) is 64.6 Å². The molecule has 82 valence electrons. The average Bonchev–Trinajstić information content (AvgIpc) is 2.24. The van der Waals surface area contributed by atoms with Crippen molar-refractivity contribution in [3.05, 3.63) is 45.2 Å². The second-order valence-electron chi connectivity index (χ2n) is 3.53. The van der Waals surface area contributed by atoms with Crippen LogP contribution in [0.5, 0.6) is 0 Å². The highest BCUT2D eigenvalue weighted by atomic mass is 16.4. The highest BCUT2D eigenvalue weighted by molar-refractivity contribution is 5.79. The van der Waals surface area contributed by atoms with Gasteiger partial charge in [0.15, 0.2) is 0 Å². The van der Waals surface area contributed by atoms with Crippen LogP contribution in [0.1, 0.15) is 13.8 Å². The van der Waals surface area contributed by atoms with E-state index in [0.29, 0.717) is 11.1 Å². The maximum atomic E-state index is 11.9. The van der Waals surface area contributed by atoms with Gasteiger partial charge in [0.05, 0.1) is 5.39 Å². The van der Waals surface area contributed by atoms with Gasteiger partial charge >= 0.3 is 5.76 Å². The Morgan fingerprint density at radius 1 is 1.25 bits per heavy atom. The number of fused-ring (bicyclic) bond motifs is 1. The maximum absolute atomic E-state index is 11.9. The lowest BCUT2D eigenvalue weighted by Gasteiger charge is -1.99. The molecule has 0 N–H and O–H groups in total. The van der Waals surface area contributed by atoms with Gasteiger partial charge in [-0.3, -0.25) is 4.79 Å². The first-order valence-electron chi connectivity index (χ1n) is 4.76. The molecule has 1 heterocycles. The maximum Gasteiger partial charge on any atom is 0.443 e. The van der Waals surface area contributed by atoms with E-state index in [1.165, 1.54) is 0 Å². The number of aromatic nitrogens is 1. The molecule has 0 spiro atoms. The molecular weight excluding hydrogens is 208 g/mol. The Bertz CT molecular complexity index is 675. The molecule has 5 heteroatoms. The van der Waals surface area contributed by atoms with Gasteiger partial charge in [-0.1, -0.05) is 12.1 Å². The molecule has 0 aliphatic rings. The molecule has 0 radical (unpaired) electrons. The predicted octanol–water partition coefficient (Wildman–Crippen LogP) is 1.20. The van der Waals surface area contributed by atoms with Gasteiger partial charge in [-0.15, -0.1) is 4.68 Å². The molecule has 16 heavy (non-hydrogen) atoms. The Balaban J connectivity index is 2.92. The lowest BCUT2D eigenvalue weighted by Crippen LogP contribution is -2.29. The summed E-state index contributed by atoms with van der Waals surface area (Å²) in [4.78, 5) is 23.4. The van der Waals surface area contributed by atoms with Crippen molar-refractivity contribution in [2.24, 2.45) is 5.10 Å². The Morgan fingerprint density at radius 3 is 2.62 bits per heavy atom. The second kappa shape index (κ2) is 3.77. The van der Waals surface area contributed by atoms with E-state index >= 15 is 0 Å². The number of benzene rings is 1. The van der Waals surface area contributed by atoms with Gasteiger partial charge in [-0.05, 0) is 26.0 Å². The summed E-state index contributed by atoms with van der Waals surface area (Å²) in [6.45, 7) is 3.39. The van der Waals surface area contributed by atoms with Crippen LogP contribution in [0.25, 0.3) is 11.0 Å². The molecule has 1 aromatic heterocycles. The van der Waals surface area contributed by atoms with E-state index < -0.39 is 11.3 Å². The van der Waals surface area contributed by atoms with Crippen LogP contribution in [0.2, 0.25) is 0 Å². The molecular formula is C11H10N2O3. The highest BCUT2D eigenvalue weighted by Crippen LogP contribution is 2.05. The van der Waals surface area contributed by atoms with E-state index in [1.807, 2.05) is 0 Å². The van der Waals surface area contributed by atoms with Gasteiger partial charge in [-0.2, -0.15) is 5.10 Å². The van der Waals surface area contributed by atoms with Gasteiger partial charge in [0, 0.05) is 5.71 Å². The van der Waals surface area contributed by atoms with Crippen LogP contribution in [0, 0.1) is 0 Å². The lowest BCUT2D eigenvalue weighted by molar-refractivity contribution is 0.480. The molecule has 0 amide bonds. The molecule has 1 aromatic carbocycles. The van der Waals surface area contributed by atoms with E-state index in [0.717, 1.165) is 4.68 Å². The fourth-order valence-corrected chi connectivity index (χ4v) is 1.35. The molecule has 0 aliphatic carbocycles. The second-order valence-corrected chi connectivity index (χ2v) is 3.53. The van der Waals surface area contributed by atoms with Crippen LogP contribution < -0.4 is 11.3 Å². The Hall–Kier alpha value is -2.17. The third-order valence-electron chi connectivity index (χ3n) is 1.98. The molecule has 0 atom stereocenters. The van der Waals surface area contributed by atoms with Crippen molar-refractivity contribution in [2.45, 2.75) is 13.8 Å². The number of rotatable bonds is 1. The van der Waals surface area contributed by atoms with Crippen molar-refractivity contribution in [3.8, 4) is 0 Å². The third-order valence-corrected chi connectivity index (χ3v) is 1.98. The first kappa shape index (κ1) is 10.4. The molecule has 0 fully saturated rings. The molecule has 0 unspecified atom stereocenters. The van der Waals surface area contributed by atoms with E-state index in [-0.39, 0.29) is 5.58 Å².